The zero-order valence-electron chi connectivity index (χ0n) is 12.1. The van der Waals surface area contributed by atoms with Crippen molar-refractivity contribution in [3.05, 3.63) is 23.1 Å². The van der Waals surface area contributed by atoms with Crippen LogP contribution in [0.2, 0.25) is 0 Å². The van der Waals surface area contributed by atoms with Crippen LogP contribution >= 0.6 is 12.2 Å². The Balaban J connectivity index is 2.03. The van der Waals surface area contributed by atoms with Crippen molar-refractivity contribution in [2.45, 2.75) is 51.2 Å². The highest BCUT2D eigenvalue weighted by Crippen LogP contribution is 2.38. The fourth-order valence-corrected chi connectivity index (χ4v) is 3.61. The Hall–Kier alpha value is -1.20. The molecule has 1 fully saturated rings. The van der Waals surface area contributed by atoms with Crippen LogP contribution in [-0.4, -0.2) is 26.7 Å². The van der Waals surface area contributed by atoms with Gasteiger partial charge in [0.05, 0.1) is 11.1 Å². The van der Waals surface area contributed by atoms with Crippen LogP contribution in [-0.2, 0) is 4.74 Å². The highest BCUT2D eigenvalue weighted by Gasteiger charge is 2.36. The predicted octanol–water partition coefficient (Wildman–Crippen LogP) is 4.00. The van der Waals surface area contributed by atoms with Crippen LogP contribution in [0.25, 0.3) is 11.2 Å². The number of imidazole rings is 1. The minimum Gasteiger partial charge on any atom is -0.375 e. The number of H-pyrrole nitrogens is 1. The number of fused-ring (bicyclic) bond motifs is 1. The van der Waals surface area contributed by atoms with Crippen molar-refractivity contribution in [2.75, 3.05) is 6.61 Å². The van der Waals surface area contributed by atoms with Crippen molar-refractivity contribution >= 4 is 23.4 Å². The fraction of sp³-hybridized carbons (Fsp3) is 0.600. The van der Waals surface area contributed by atoms with E-state index in [1.54, 1.807) is 0 Å². The van der Waals surface area contributed by atoms with E-state index in [9.17, 15) is 0 Å². The van der Waals surface area contributed by atoms with Crippen molar-refractivity contribution in [3.63, 3.8) is 0 Å². The highest BCUT2D eigenvalue weighted by atomic mass is 32.1. The van der Waals surface area contributed by atoms with Gasteiger partial charge in [-0.15, -0.1) is 0 Å². The molecule has 3 heterocycles. The molecule has 1 unspecified atom stereocenters. The van der Waals surface area contributed by atoms with Gasteiger partial charge in [0.25, 0.3) is 0 Å². The molecule has 1 aliphatic rings. The molecule has 108 valence electrons. The number of pyridine rings is 1. The summed E-state index contributed by atoms with van der Waals surface area (Å²) in [6.45, 7) is 5.21. The molecular formula is C15H21N3OS. The standard InChI is InChI=1S/C15H21N3OS/c1-3-15(4-2)10-11(7-9-19-15)18-13-12(17-14(18)20)6-5-8-16-13/h5-6,8,11H,3-4,7,9-10H2,1-2H3,(H,17,20). The Labute approximate surface area is 124 Å². The number of aromatic nitrogens is 3. The van der Waals surface area contributed by atoms with Gasteiger partial charge in [-0.25, -0.2) is 4.98 Å². The van der Waals surface area contributed by atoms with Crippen LogP contribution < -0.4 is 0 Å². The lowest BCUT2D eigenvalue weighted by molar-refractivity contribution is -0.0984. The van der Waals surface area contributed by atoms with E-state index in [-0.39, 0.29) is 5.60 Å². The Morgan fingerprint density at radius 2 is 2.30 bits per heavy atom. The molecule has 1 N–H and O–H groups in total. The van der Waals surface area contributed by atoms with Gasteiger partial charge in [-0.05, 0) is 50.0 Å². The molecule has 0 amide bonds. The van der Waals surface area contributed by atoms with E-state index >= 15 is 0 Å². The van der Waals surface area contributed by atoms with Crippen LogP contribution in [0.4, 0.5) is 0 Å². The van der Waals surface area contributed by atoms with Crippen molar-refractivity contribution in [3.8, 4) is 0 Å². The van der Waals surface area contributed by atoms with Crippen LogP contribution in [0, 0.1) is 4.77 Å². The molecule has 3 rings (SSSR count). The maximum atomic E-state index is 6.07. The van der Waals surface area contributed by atoms with Gasteiger partial charge in [0, 0.05) is 18.8 Å². The minimum atomic E-state index is -0.00391. The number of hydrogen-bond acceptors (Lipinski definition) is 3. The van der Waals surface area contributed by atoms with E-state index in [1.807, 2.05) is 18.3 Å². The molecule has 1 saturated heterocycles. The van der Waals surface area contributed by atoms with Gasteiger partial charge in [0.15, 0.2) is 10.4 Å². The monoisotopic (exact) mass is 291 g/mol. The summed E-state index contributed by atoms with van der Waals surface area (Å²) in [5.74, 6) is 0. The van der Waals surface area contributed by atoms with E-state index in [4.69, 9.17) is 17.0 Å². The SMILES string of the molecule is CCC1(CC)CC(n2c(=S)[nH]c3cccnc32)CCO1. The Kier molecular flexibility index (Phi) is 3.65. The Morgan fingerprint density at radius 1 is 1.50 bits per heavy atom. The summed E-state index contributed by atoms with van der Waals surface area (Å²) in [5.41, 5.74) is 1.98. The quantitative estimate of drug-likeness (QED) is 0.869. The zero-order valence-corrected chi connectivity index (χ0v) is 12.9. The van der Waals surface area contributed by atoms with E-state index in [2.05, 4.69) is 28.4 Å². The van der Waals surface area contributed by atoms with Gasteiger partial charge in [0.2, 0.25) is 0 Å². The number of nitrogens with zero attached hydrogens (tertiary/aromatic N) is 2. The topological polar surface area (TPSA) is 42.8 Å². The second-order valence-corrected chi connectivity index (χ2v) is 5.95. The number of hydrogen-bond donors (Lipinski definition) is 1. The van der Waals surface area contributed by atoms with Gasteiger partial charge < -0.3 is 9.72 Å². The average molecular weight is 291 g/mol. The molecule has 0 saturated carbocycles. The highest BCUT2D eigenvalue weighted by molar-refractivity contribution is 7.71. The first kappa shape index (κ1) is 13.8. The van der Waals surface area contributed by atoms with E-state index < -0.39 is 0 Å². The fourth-order valence-electron chi connectivity index (χ4n) is 3.26. The average Bonchev–Trinajstić information content (AvgIpc) is 2.83. The molecule has 20 heavy (non-hydrogen) atoms. The third-order valence-corrected chi connectivity index (χ3v) is 4.89. The van der Waals surface area contributed by atoms with Crippen molar-refractivity contribution in [1.82, 2.24) is 14.5 Å². The van der Waals surface area contributed by atoms with Gasteiger partial charge in [-0.3, -0.25) is 4.57 Å². The number of ether oxygens (including phenoxy) is 1. The van der Waals surface area contributed by atoms with Crippen LogP contribution in [0.5, 0.6) is 0 Å². The normalized spacial score (nSPS) is 22.2. The maximum Gasteiger partial charge on any atom is 0.179 e. The summed E-state index contributed by atoms with van der Waals surface area (Å²) in [5, 5.41) is 0. The molecule has 0 spiro atoms. The summed E-state index contributed by atoms with van der Waals surface area (Å²) < 4.78 is 9.02. The summed E-state index contributed by atoms with van der Waals surface area (Å²) in [7, 11) is 0. The molecule has 0 aliphatic carbocycles. The molecule has 0 radical (unpaired) electrons. The lowest BCUT2D eigenvalue weighted by atomic mass is 9.86. The first-order valence-corrected chi connectivity index (χ1v) is 7.79. The lowest BCUT2D eigenvalue weighted by Crippen LogP contribution is -2.39. The molecule has 2 aromatic heterocycles. The first-order valence-electron chi connectivity index (χ1n) is 7.38. The second kappa shape index (κ2) is 5.30. The molecule has 0 aromatic carbocycles. The van der Waals surface area contributed by atoms with E-state index in [0.717, 1.165) is 48.2 Å². The van der Waals surface area contributed by atoms with Gasteiger partial charge >= 0.3 is 0 Å². The second-order valence-electron chi connectivity index (χ2n) is 5.56. The Morgan fingerprint density at radius 3 is 3.05 bits per heavy atom. The van der Waals surface area contributed by atoms with Crippen LogP contribution in [0.1, 0.15) is 45.6 Å². The van der Waals surface area contributed by atoms with Crippen molar-refractivity contribution in [1.29, 1.82) is 0 Å². The van der Waals surface area contributed by atoms with Gasteiger partial charge in [-0.1, -0.05) is 13.8 Å². The molecule has 0 bridgehead atoms. The smallest absolute Gasteiger partial charge is 0.179 e. The Bertz CT molecular complexity index is 656. The largest absolute Gasteiger partial charge is 0.375 e. The molecule has 5 heteroatoms. The molecule has 1 aliphatic heterocycles. The summed E-state index contributed by atoms with van der Waals surface area (Å²) in [4.78, 5) is 7.76. The zero-order chi connectivity index (χ0) is 14.2. The van der Waals surface area contributed by atoms with Gasteiger partial charge in [0.1, 0.15) is 0 Å². The molecular weight excluding hydrogens is 270 g/mol. The van der Waals surface area contributed by atoms with E-state index in [0.29, 0.717) is 6.04 Å². The predicted molar refractivity (Wildman–Crippen MR) is 82.5 cm³/mol. The number of aromatic amines is 1. The number of rotatable bonds is 3. The number of nitrogens with one attached hydrogen (secondary N) is 1. The van der Waals surface area contributed by atoms with Gasteiger partial charge in [-0.2, -0.15) is 0 Å². The van der Waals surface area contributed by atoms with Crippen molar-refractivity contribution in [2.24, 2.45) is 0 Å². The van der Waals surface area contributed by atoms with E-state index in [1.165, 1.54) is 0 Å². The summed E-state index contributed by atoms with van der Waals surface area (Å²) >= 11 is 5.51. The molecule has 4 nitrogen and oxygen atoms in total. The molecule has 1 atom stereocenters. The van der Waals surface area contributed by atoms with Crippen LogP contribution in [0.15, 0.2) is 18.3 Å². The summed E-state index contributed by atoms with van der Waals surface area (Å²) in [6, 6.07) is 4.34. The third-order valence-electron chi connectivity index (χ3n) is 4.60. The maximum absolute atomic E-state index is 6.07. The molecule has 2 aromatic rings. The van der Waals surface area contributed by atoms with Crippen molar-refractivity contribution < 1.29 is 4.74 Å². The lowest BCUT2D eigenvalue weighted by Gasteiger charge is -2.40. The minimum absolute atomic E-state index is 0.00391. The first-order chi connectivity index (χ1) is 9.69. The third kappa shape index (κ3) is 2.19. The van der Waals surface area contributed by atoms with Crippen LogP contribution in [0.3, 0.4) is 0 Å². The summed E-state index contributed by atoms with van der Waals surface area (Å²) in [6.07, 6.45) is 5.93.